The molecule has 0 aliphatic carbocycles. The maximum atomic E-state index is 4.88. The number of nitrogens with zero attached hydrogens (tertiary/aromatic N) is 2. The first-order chi connectivity index (χ1) is 12.4. The molecule has 0 spiro atoms. The van der Waals surface area contributed by atoms with E-state index in [2.05, 4.69) is 57.4 Å². The molecule has 0 fully saturated rings. The van der Waals surface area contributed by atoms with E-state index in [4.69, 9.17) is 9.97 Å². The van der Waals surface area contributed by atoms with Gasteiger partial charge >= 0.3 is 0 Å². The lowest BCUT2D eigenvalue weighted by molar-refractivity contribution is 0.657. The fraction of sp³-hybridized carbons (Fsp3) is 0.545. The van der Waals surface area contributed by atoms with E-state index in [0.29, 0.717) is 12.0 Å². The first-order valence-electron chi connectivity index (χ1n) is 9.91. The number of fused-ring (bicyclic) bond motifs is 1. The lowest BCUT2D eigenvalue weighted by Crippen LogP contribution is -2.25. The lowest BCUT2D eigenvalue weighted by atomic mass is 9.83. The van der Waals surface area contributed by atoms with Crippen molar-refractivity contribution in [1.82, 2.24) is 9.97 Å². The second kappa shape index (κ2) is 7.65. The standard InChI is InChI=1S/C22H32N4/c1-7-17(8-2)26-22-21-20(24-16(6)25-22)18(9-10-23-21)19-14(4)11-13(3)12-15(19)5/h11-12,17-18,23H,7-10H2,1-6H3,(H,24,25,26). The van der Waals surface area contributed by atoms with Crippen molar-refractivity contribution in [3.63, 3.8) is 0 Å². The van der Waals surface area contributed by atoms with Gasteiger partial charge in [-0.25, -0.2) is 9.97 Å². The normalized spacial score (nSPS) is 16.3. The van der Waals surface area contributed by atoms with Gasteiger partial charge in [-0.15, -0.1) is 0 Å². The molecule has 0 radical (unpaired) electrons. The first-order valence-corrected chi connectivity index (χ1v) is 9.91. The van der Waals surface area contributed by atoms with Gasteiger partial charge in [0.25, 0.3) is 0 Å². The van der Waals surface area contributed by atoms with Gasteiger partial charge in [-0.2, -0.15) is 0 Å². The van der Waals surface area contributed by atoms with Crippen molar-refractivity contribution in [2.75, 3.05) is 17.2 Å². The van der Waals surface area contributed by atoms with Crippen molar-refractivity contribution in [2.45, 2.75) is 72.8 Å². The van der Waals surface area contributed by atoms with Gasteiger partial charge in [0, 0.05) is 18.5 Å². The molecule has 2 aromatic rings. The zero-order chi connectivity index (χ0) is 18.8. The van der Waals surface area contributed by atoms with Crippen molar-refractivity contribution in [3.05, 3.63) is 45.9 Å². The molecule has 0 bridgehead atoms. The van der Waals surface area contributed by atoms with Gasteiger partial charge < -0.3 is 10.6 Å². The minimum atomic E-state index is 0.329. The molecule has 3 rings (SSSR count). The summed E-state index contributed by atoms with van der Waals surface area (Å²) in [7, 11) is 0. The fourth-order valence-electron chi connectivity index (χ4n) is 4.31. The summed E-state index contributed by atoms with van der Waals surface area (Å²) in [6.07, 6.45) is 3.25. The summed E-state index contributed by atoms with van der Waals surface area (Å²) in [5, 5.41) is 7.22. The van der Waals surface area contributed by atoms with Crippen LogP contribution in [-0.4, -0.2) is 22.6 Å². The van der Waals surface area contributed by atoms with Gasteiger partial charge in [0.05, 0.1) is 11.4 Å². The first kappa shape index (κ1) is 18.7. The maximum absolute atomic E-state index is 4.88. The fourth-order valence-corrected chi connectivity index (χ4v) is 4.31. The lowest BCUT2D eigenvalue weighted by Gasteiger charge is -2.31. The number of rotatable bonds is 5. The van der Waals surface area contributed by atoms with Crippen LogP contribution < -0.4 is 10.6 Å². The summed E-state index contributed by atoms with van der Waals surface area (Å²) in [5.74, 6) is 2.14. The van der Waals surface area contributed by atoms with Gasteiger partial charge in [0.2, 0.25) is 0 Å². The Kier molecular flexibility index (Phi) is 5.49. The number of nitrogens with one attached hydrogen (secondary N) is 2. The van der Waals surface area contributed by atoms with E-state index in [9.17, 15) is 0 Å². The molecule has 0 saturated carbocycles. The number of benzene rings is 1. The van der Waals surface area contributed by atoms with E-state index in [0.717, 1.165) is 48.8 Å². The third kappa shape index (κ3) is 3.55. The Bertz CT molecular complexity index is 770. The minimum absolute atomic E-state index is 0.329. The third-order valence-corrected chi connectivity index (χ3v) is 5.53. The van der Waals surface area contributed by atoms with E-state index < -0.39 is 0 Å². The van der Waals surface area contributed by atoms with E-state index in [1.54, 1.807) is 0 Å². The molecule has 1 aliphatic rings. The summed E-state index contributed by atoms with van der Waals surface area (Å²) < 4.78 is 0. The third-order valence-electron chi connectivity index (χ3n) is 5.53. The number of hydrogen-bond donors (Lipinski definition) is 2. The Morgan fingerprint density at radius 2 is 1.73 bits per heavy atom. The highest BCUT2D eigenvalue weighted by atomic mass is 15.1. The molecular formula is C22H32N4. The average Bonchev–Trinajstić information content (AvgIpc) is 2.59. The molecule has 0 amide bonds. The average molecular weight is 353 g/mol. The molecule has 1 aliphatic heterocycles. The van der Waals surface area contributed by atoms with Crippen LogP contribution in [-0.2, 0) is 0 Å². The molecular weight excluding hydrogens is 320 g/mol. The topological polar surface area (TPSA) is 49.8 Å². The maximum Gasteiger partial charge on any atom is 0.153 e. The largest absolute Gasteiger partial charge is 0.381 e. The van der Waals surface area contributed by atoms with E-state index in [-0.39, 0.29) is 0 Å². The molecule has 2 heterocycles. The summed E-state index contributed by atoms with van der Waals surface area (Å²) in [5.41, 5.74) is 7.74. The van der Waals surface area contributed by atoms with Gasteiger partial charge in [0.15, 0.2) is 5.82 Å². The highest BCUT2D eigenvalue weighted by molar-refractivity contribution is 5.70. The molecule has 1 unspecified atom stereocenters. The van der Waals surface area contributed by atoms with Crippen LogP contribution >= 0.6 is 0 Å². The van der Waals surface area contributed by atoms with Crippen LogP contribution in [0.2, 0.25) is 0 Å². The van der Waals surface area contributed by atoms with Gasteiger partial charge in [-0.3, -0.25) is 0 Å². The van der Waals surface area contributed by atoms with Crippen LogP contribution in [0.5, 0.6) is 0 Å². The smallest absolute Gasteiger partial charge is 0.153 e. The van der Waals surface area contributed by atoms with Crippen molar-refractivity contribution in [1.29, 1.82) is 0 Å². The van der Waals surface area contributed by atoms with Crippen molar-refractivity contribution in [3.8, 4) is 0 Å². The predicted octanol–water partition coefficient (Wildman–Crippen LogP) is 5.26. The molecule has 1 aromatic carbocycles. The summed E-state index contributed by atoms with van der Waals surface area (Å²) in [6.45, 7) is 14.0. The van der Waals surface area contributed by atoms with E-state index in [1.165, 1.54) is 22.3 Å². The quantitative estimate of drug-likeness (QED) is 0.771. The zero-order valence-corrected chi connectivity index (χ0v) is 17.0. The summed E-state index contributed by atoms with van der Waals surface area (Å²) in [6, 6.07) is 5.03. The molecule has 0 saturated heterocycles. The van der Waals surface area contributed by atoms with Crippen molar-refractivity contribution in [2.24, 2.45) is 0 Å². The predicted molar refractivity (Wildman–Crippen MR) is 110 cm³/mol. The van der Waals surface area contributed by atoms with Crippen LogP contribution in [0, 0.1) is 27.7 Å². The van der Waals surface area contributed by atoms with Crippen LogP contribution in [0.3, 0.4) is 0 Å². The number of aromatic nitrogens is 2. The van der Waals surface area contributed by atoms with Crippen LogP contribution in [0.1, 0.15) is 72.8 Å². The van der Waals surface area contributed by atoms with Crippen LogP contribution in [0.25, 0.3) is 0 Å². The molecule has 2 N–H and O–H groups in total. The number of anilines is 2. The molecule has 4 heteroatoms. The molecule has 1 aromatic heterocycles. The Labute approximate surface area is 157 Å². The van der Waals surface area contributed by atoms with Crippen molar-refractivity contribution < 1.29 is 0 Å². The van der Waals surface area contributed by atoms with Gasteiger partial charge in [0.1, 0.15) is 5.82 Å². The Balaban J connectivity index is 2.09. The molecule has 1 atom stereocenters. The number of aryl methyl sites for hydroxylation is 4. The van der Waals surface area contributed by atoms with E-state index >= 15 is 0 Å². The minimum Gasteiger partial charge on any atom is -0.381 e. The van der Waals surface area contributed by atoms with Crippen LogP contribution in [0.15, 0.2) is 12.1 Å². The summed E-state index contributed by atoms with van der Waals surface area (Å²) in [4.78, 5) is 9.61. The SMILES string of the molecule is CCC(CC)Nc1nc(C)nc2c1NCCC2c1c(C)cc(C)cc1C. The van der Waals surface area contributed by atoms with E-state index in [1.807, 2.05) is 6.92 Å². The Morgan fingerprint density at radius 3 is 2.35 bits per heavy atom. The van der Waals surface area contributed by atoms with Gasteiger partial charge in [-0.05, 0) is 63.6 Å². The second-order valence-corrected chi connectivity index (χ2v) is 7.62. The summed E-state index contributed by atoms with van der Waals surface area (Å²) >= 11 is 0. The highest BCUT2D eigenvalue weighted by Crippen LogP contribution is 2.41. The van der Waals surface area contributed by atoms with Gasteiger partial charge in [-0.1, -0.05) is 31.5 Å². The monoisotopic (exact) mass is 352 g/mol. The second-order valence-electron chi connectivity index (χ2n) is 7.62. The Hall–Kier alpha value is -2.10. The van der Waals surface area contributed by atoms with Crippen molar-refractivity contribution >= 4 is 11.5 Å². The molecule has 140 valence electrons. The highest BCUT2D eigenvalue weighted by Gasteiger charge is 2.29. The molecule has 26 heavy (non-hydrogen) atoms. The number of hydrogen-bond acceptors (Lipinski definition) is 4. The Morgan fingerprint density at radius 1 is 1.08 bits per heavy atom. The van der Waals surface area contributed by atoms with Crippen LogP contribution in [0.4, 0.5) is 11.5 Å². The molecule has 4 nitrogen and oxygen atoms in total. The zero-order valence-electron chi connectivity index (χ0n) is 17.0.